The van der Waals surface area contributed by atoms with Gasteiger partial charge in [-0.05, 0) is 40.2 Å². The predicted octanol–water partition coefficient (Wildman–Crippen LogP) is 3.68. The lowest BCUT2D eigenvalue weighted by Gasteiger charge is -2.03. The topological polar surface area (TPSA) is 60.7 Å². The molecule has 0 aliphatic heterocycles. The molecule has 8 heteroatoms. The van der Waals surface area contributed by atoms with Crippen LogP contribution in [0.15, 0.2) is 45.6 Å². The van der Waals surface area contributed by atoms with E-state index in [1.807, 2.05) is 35.9 Å². The quantitative estimate of drug-likeness (QED) is 0.487. The minimum atomic E-state index is 0.0918. The van der Waals surface area contributed by atoms with Crippen LogP contribution in [-0.4, -0.2) is 31.3 Å². The predicted molar refractivity (Wildman–Crippen MR) is 91.3 cm³/mol. The van der Waals surface area contributed by atoms with Gasteiger partial charge in [0.1, 0.15) is 0 Å². The molecule has 0 unspecified atom stereocenters. The summed E-state index contributed by atoms with van der Waals surface area (Å²) in [5.41, 5.74) is 0.949. The normalized spacial score (nSPS) is 10.8. The Labute approximate surface area is 143 Å². The highest BCUT2D eigenvalue weighted by Crippen LogP contribution is 2.26. The van der Waals surface area contributed by atoms with Gasteiger partial charge in [0.2, 0.25) is 0 Å². The maximum absolute atomic E-state index is 12.1. The molecule has 0 amide bonds. The van der Waals surface area contributed by atoms with Crippen LogP contribution in [0.4, 0.5) is 0 Å². The van der Waals surface area contributed by atoms with Crippen LogP contribution in [0, 0.1) is 0 Å². The Morgan fingerprint density at radius 2 is 2.05 bits per heavy atom. The minimum Gasteiger partial charge on any atom is -0.305 e. The van der Waals surface area contributed by atoms with Gasteiger partial charge in [-0.2, -0.15) is 0 Å². The Hall–Kier alpha value is -1.51. The molecule has 3 heterocycles. The van der Waals surface area contributed by atoms with Gasteiger partial charge in [0.25, 0.3) is 0 Å². The molecule has 0 aliphatic rings. The summed E-state index contributed by atoms with van der Waals surface area (Å²) < 4.78 is 2.84. The van der Waals surface area contributed by atoms with E-state index in [4.69, 9.17) is 0 Å². The summed E-state index contributed by atoms with van der Waals surface area (Å²) in [7, 11) is 1.89. The number of nitrogens with zero attached hydrogens (tertiary/aromatic N) is 4. The summed E-state index contributed by atoms with van der Waals surface area (Å²) >= 11 is 6.20. The number of thioether (sulfide) groups is 1. The molecule has 0 aliphatic carbocycles. The second-order valence-electron chi connectivity index (χ2n) is 4.42. The van der Waals surface area contributed by atoms with Crippen LogP contribution < -0.4 is 0 Å². The Morgan fingerprint density at radius 1 is 1.27 bits per heavy atom. The van der Waals surface area contributed by atoms with Crippen LogP contribution >= 0.6 is 39.0 Å². The first kappa shape index (κ1) is 15.4. The molecule has 3 aromatic heterocycles. The van der Waals surface area contributed by atoms with E-state index in [-0.39, 0.29) is 5.78 Å². The van der Waals surface area contributed by atoms with Gasteiger partial charge >= 0.3 is 0 Å². The first-order valence-corrected chi connectivity index (χ1v) is 8.96. The first-order valence-electron chi connectivity index (χ1n) is 6.36. The van der Waals surface area contributed by atoms with Crippen LogP contribution in [0.2, 0.25) is 0 Å². The summed E-state index contributed by atoms with van der Waals surface area (Å²) in [4.78, 5) is 16.9. The van der Waals surface area contributed by atoms with Gasteiger partial charge in [-0.25, -0.2) is 0 Å². The fourth-order valence-corrected chi connectivity index (χ4v) is 4.07. The molecule has 0 atom stereocenters. The number of Topliss-reactive ketones (excluding diaryl/α,β-unsaturated/α-hetero) is 1. The van der Waals surface area contributed by atoms with Crippen molar-refractivity contribution in [2.75, 3.05) is 5.75 Å². The standard InChI is InChI=1S/C14H11BrN4OS2/c1-19-13(9-4-6-16-7-5-9)17-18-14(19)21-8-10(20)11-2-3-12(15)22-11/h2-7H,8H2,1H3. The SMILES string of the molecule is Cn1c(SCC(=O)c2ccc(Br)s2)nnc1-c1ccncc1. The van der Waals surface area contributed by atoms with Gasteiger partial charge in [-0.15, -0.1) is 21.5 Å². The molecular formula is C14H11BrN4OS2. The smallest absolute Gasteiger partial charge is 0.191 e. The molecule has 0 bridgehead atoms. The minimum absolute atomic E-state index is 0.0918. The van der Waals surface area contributed by atoms with Gasteiger partial charge in [0.05, 0.1) is 14.4 Å². The van der Waals surface area contributed by atoms with E-state index in [0.29, 0.717) is 5.75 Å². The summed E-state index contributed by atoms with van der Waals surface area (Å²) in [5, 5.41) is 9.07. The van der Waals surface area contributed by atoms with Crippen molar-refractivity contribution >= 4 is 44.8 Å². The molecule has 0 saturated heterocycles. The maximum atomic E-state index is 12.1. The number of halogens is 1. The molecule has 0 N–H and O–H groups in total. The highest BCUT2D eigenvalue weighted by atomic mass is 79.9. The third-order valence-corrected chi connectivity index (χ3v) is 5.64. The number of hydrogen-bond donors (Lipinski definition) is 0. The Morgan fingerprint density at radius 3 is 2.73 bits per heavy atom. The van der Waals surface area contributed by atoms with Crippen molar-refractivity contribution in [3.05, 3.63) is 45.3 Å². The van der Waals surface area contributed by atoms with Crippen molar-refractivity contribution in [1.29, 1.82) is 0 Å². The number of thiophene rings is 1. The molecule has 3 aromatic rings. The lowest BCUT2D eigenvalue weighted by molar-refractivity contribution is 0.102. The number of ketones is 1. The van der Waals surface area contributed by atoms with Crippen LogP contribution in [0.25, 0.3) is 11.4 Å². The van der Waals surface area contributed by atoms with Gasteiger partial charge in [-0.1, -0.05) is 11.8 Å². The number of hydrogen-bond acceptors (Lipinski definition) is 6. The fraction of sp³-hybridized carbons (Fsp3) is 0.143. The molecule has 0 fully saturated rings. The van der Waals surface area contributed by atoms with Crippen LogP contribution in [0.3, 0.4) is 0 Å². The van der Waals surface area contributed by atoms with E-state index in [0.717, 1.165) is 25.2 Å². The number of aromatic nitrogens is 4. The van der Waals surface area contributed by atoms with Crippen molar-refractivity contribution in [3.8, 4) is 11.4 Å². The second kappa shape index (κ2) is 6.72. The summed E-state index contributed by atoms with van der Waals surface area (Å²) in [5.74, 6) is 1.19. The number of carbonyl (C=O) groups excluding carboxylic acids is 1. The van der Waals surface area contributed by atoms with Crippen molar-refractivity contribution in [2.24, 2.45) is 7.05 Å². The third-order valence-electron chi connectivity index (χ3n) is 2.95. The zero-order valence-electron chi connectivity index (χ0n) is 11.6. The summed E-state index contributed by atoms with van der Waals surface area (Å²) in [6.45, 7) is 0. The highest BCUT2D eigenvalue weighted by molar-refractivity contribution is 9.11. The average Bonchev–Trinajstić information content (AvgIpc) is 3.12. The van der Waals surface area contributed by atoms with Crippen molar-refractivity contribution in [1.82, 2.24) is 19.7 Å². The molecule has 0 aromatic carbocycles. The lowest BCUT2D eigenvalue weighted by Crippen LogP contribution is -2.02. The van der Waals surface area contributed by atoms with E-state index >= 15 is 0 Å². The zero-order valence-corrected chi connectivity index (χ0v) is 14.8. The van der Waals surface area contributed by atoms with E-state index < -0.39 is 0 Å². The molecular weight excluding hydrogens is 384 g/mol. The van der Waals surface area contributed by atoms with Crippen LogP contribution in [-0.2, 0) is 7.05 Å². The zero-order chi connectivity index (χ0) is 15.5. The molecule has 5 nitrogen and oxygen atoms in total. The van der Waals surface area contributed by atoms with E-state index in [2.05, 4.69) is 31.1 Å². The van der Waals surface area contributed by atoms with Crippen LogP contribution in [0.1, 0.15) is 9.67 Å². The molecule has 3 rings (SSSR count). The first-order chi connectivity index (χ1) is 10.6. The van der Waals surface area contributed by atoms with E-state index in [1.165, 1.54) is 23.1 Å². The Bertz CT molecular complexity index is 800. The molecule has 112 valence electrons. The van der Waals surface area contributed by atoms with Crippen LogP contribution in [0.5, 0.6) is 0 Å². The highest BCUT2D eigenvalue weighted by Gasteiger charge is 2.14. The van der Waals surface area contributed by atoms with Gasteiger partial charge in [0.15, 0.2) is 16.8 Å². The Balaban J connectivity index is 1.72. The average molecular weight is 395 g/mol. The largest absolute Gasteiger partial charge is 0.305 e. The van der Waals surface area contributed by atoms with E-state index in [9.17, 15) is 4.79 Å². The summed E-state index contributed by atoms with van der Waals surface area (Å²) in [6, 6.07) is 7.47. The fourth-order valence-electron chi connectivity index (χ4n) is 1.86. The number of carbonyl (C=O) groups is 1. The van der Waals surface area contributed by atoms with Gasteiger partial charge in [-0.3, -0.25) is 9.78 Å². The summed E-state index contributed by atoms with van der Waals surface area (Å²) in [6.07, 6.45) is 3.43. The van der Waals surface area contributed by atoms with Gasteiger partial charge in [0, 0.05) is 25.0 Å². The lowest BCUT2D eigenvalue weighted by atomic mass is 10.2. The maximum Gasteiger partial charge on any atom is 0.191 e. The number of rotatable bonds is 5. The number of pyridine rings is 1. The van der Waals surface area contributed by atoms with Crippen molar-refractivity contribution in [2.45, 2.75) is 5.16 Å². The molecule has 0 saturated carbocycles. The second-order valence-corrected chi connectivity index (χ2v) is 7.82. The molecule has 0 spiro atoms. The van der Waals surface area contributed by atoms with Crippen molar-refractivity contribution < 1.29 is 4.79 Å². The van der Waals surface area contributed by atoms with Gasteiger partial charge < -0.3 is 4.57 Å². The Kier molecular flexibility index (Phi) is 4.70. The molecule has 22 heavy (non-hydrogen) atoms. The van der Waals surface area contributed by atoms with Crippen molar-refractivity contribution in [3.63, 3.8) is 0 Å². The molecule has 0 radical (unpaired) electrons. The third kappa shape index (κ3) is 3.29. The monoisotopic (exact) mass is 394 g/mol. The van der Waals surface area contributed by atoms with E-state index in [1.54, 1.807) is 12.4 Å².